The Balaban J connectivity index is 2.00. The van der Waals surface area contributed by atoms with E-state index >= 15 is 0 Å². The lowest BCUT2D eigenvalue weighted by Crippen LogP contribution is -2.50. The van der Waals surface area contributed by atoms with Crippen LogP contribution < -0.4 is 42.0 Å². The summed E-state index contributed by atoms with van der Waals surface area (Å²) in [5, 5.41) is 13.8. The smallest absolute Gasteiger partial charge is 0.0867 e. The minimum atomic E-state index is -1.83. The highest BCUT2D eigenvalue weighted by Crippen LogP contribution is 2.58. The van der Waals surface area contributed by atoms with E-state index in [0.717, 1.165) is 0 Å². The fourth-order valence-electron chi connectivity index (χ4n) is 15.9. The molecule has 1 aliphatic rings. The highest BCUT2D eigenvalue weighted by Gasteiger charge is 2.42. The van der Waals surface area contributed by atoms with Gasteiger partial charge >= 0.3 is 0 Å². The zero-order chi connectivity index (χ0) is 61.9. The molecule has 0 saturated heterocycles. The fraction of sp³-hybridized carbons (Fsp3) is 0.696. The van der Waals surface area contributed by atoms with E-state index in [9.17, 15) is 0 Å². The quantitative estimate of drug-likeness (QED) is 0.0242. The Morgan fingerprint density at radius 1 is 0.279 bits per heavy atom. The molecule has 1 saturated carbocycles. The van der Waals surface area contributed by atoms with Gasteiger partial charge in [-0.25, -0.2) is 4.44 Å². The van der Waals surface area contributed by atoms with E-state index in [1.807, 2.05) is 10.4 Å². The monoisotopic (exact) mass is 1270 g/mol. The van der Waals surface area contributed by atoms with Gasteiger partial charge in [0.2, 0.25) is 0 Å². The molecule has 484 valence electrons. The van der Waals surface area contributed by atoms with Crippen LogP contribution in [0.25, 0.3) is 0 Å². The minimum Gasteiger partial charge on any atom is -0.242 e. The van der Waals surface area contributed by atoms with E-state index in [1.165, 1.54) is 265 Å². The molecular weight excluding hydrogens is 1140 g/mol. The van der Waals surface area contributed by atoms with Crippen molar-refractivity contribution >= 4 is 90.4 Å². The molecule has 1 aliphatic carbocycles. The van der Waals surface area contributed by atoms with Gasteiger partial charge in [0.1, 0.15) is 0 Å². The molecule has 1 fully saturated rings. The number of benzene rings is 4. The first-order chi connectivity index (χ1) is 42.1. The van der Waals surface area contributed by atoms with Crippen molar-refractivity contribution in [2.45, 2.75) is 354 Å². The highest BCUT2D eigenvalue weighted by atomic mass is 31.2. The Kier molecular flexibility index (Phi) is 36.7. The Morgan fingerprint density at radius 3 is 0.756 bits per heavy atom. The SMILES string of the molecule is CCCC[Si](CCCC)(CCCC)c1ccc(P(c2ccc([Si](CCCC)(CCCC)CCCC)cc2)N(C2CCCCCC2)P(c2cccc([Si](CCCC)(CCCC)CCCC)c2)c2cccc([Si](CCCC)(CCCC)CCCC)c2)cc1. The van der Waals surface area contributed by atoms with Crippen molar-refractivity contribution in [2.24, 2.45) is 0 Å². The van der Waals surface area contributed by atoms with Crippen molar-refractivity contribution < 1.29 is 0 Å². The molecule has 1 nitrogen and oxygen atoms in total. The van der Waals surface area contributed by atoms with Crippen LogP contribution in [0.1, 0.15) is 276 Å². The largest absolute Gasteiger partial charge is 0.242 e. The molecule has 5 rings (SSSR count). The lowest BCUT2D eigenvalue weighted by Gasteiger charge is -2.45. The second-order valence-corrected chi connectivity index (χ2v) is 51.2. The van der Waals surface area contributed by atoms with Gasteiger partial charge < -0.3 is 0 Å². The predicted molar refractivity (Wildman–Crippen MR) is 410 cm³/mol. The number of nitrogens with zero attached hydrogens (tertiary/aromatic N) is 1. The minimum absolute atomic E-state index is 0.533. The first-order valence-electron chi connectivity index (χ1n) is 37.9. The average molecular weight is 1280 g/mol. The van der Waals surface area contributed by atoms with Crippen LogP contribution in [0.5, 0.6) is 0 Å². The summed E-state index contributed by atoms with van der Waals surface area (Å²) in [6.07, 6.45) is 40.4. The van der Waals surface area contributed by atoms with Crippen molar-refractivity contribution in [3.8, 4) is 0 Å². The molecule has 0 aliphatic heterocycles. The van der Waals surface area contributed by atoms with E-state index in [-0.39, 0.29) is 0 Å². The summed E-state index contributed by atoms with van der Waals surface area (Å²) < 4.78 is 3.42. The molecule has 4 aromatic carbocycles. The summed E-state index contributed by atoms with van der Waals surface area (Å²) in [5.74, 6) is 0. The standard InChI is InChI=1S/C79H137NP2Si4/c1-13-25-57-83(58-26-14-2,59-27-15-3)76-53-49-72(50-54-76)81(73-51-55-77(56-52-73)84(60-28-16-4,61-29-17-5)62-30-18-6)80(71-43-39-37-38-40-44-71)82(74-45-41-47-78(69-74)85(63-31-19-7,64-32-20-8)65-33-21-9)75-46-42-48-79(70-75)86(66-34-22-10,67-35-23-11)68-36-24-12/h41-42,45-56,69-71H,13-40,43-44,57-68H2,1-12H3. The van der Waals surface area contributed by atoms with E-state index < -0.39 is 48.4 Å². The number of hydrogen-bond acceptors (Lipinski definition) is 1. The van der Waals surface area contributed by atoms with Gasteiger partial charge in [0, 0.05) is 22.2 Å². The van der Waals surface area contributed by atoms with Crippen LogP contribution in [0, 0.1) is 0 Å². The normalized spacial score (nSPS) is 14.1. The zero-order valence-corrected chi connectivity index (χ0v) is 64.6. The molecule has 0 N–H and O–H groups in total. The molecule has 0 aromatic heterocycles. The highest BCUT2D eigenvalue weighted by molar-refractivity contribution is 7.84. The Morgan fingerprint density at radius 2 is 0.512 bits per heavy atom. The van der Waals surface area contributed by atoms with Crippen LogP contribution in [-0.2, 0) is 0 Å². The maximum Gasteiger partial charge on any atom is 0.0867 e. The van der Waals surface area contributed by atoms with E-state index in [1.54, 1.807) is 31.6 Å². The Labute approximate surface area is 542 Å². The Bertz CT molecular complexity index is 2120. The molecule has 4 aromatic rings. The van der Waals surface area contributed by atoms with Crippen LogP contribution in [0.4, 0.5) is 0 Å². The van der Waals surface area contributed by atoms with Crippen molar-refractivity contribution in [3.05, 3.63) is 97.1 Å². The van der Waals surface area contributed by atoms with Crippen molar-refractivity contribution in [3.63, 3.8) is 0 Å². The molecule has 7 heteroatoms. The van der Waals surface area contributed by atoms with Crippen LogP contribution >= 0.6 is 16.1 Å². The predicted octanol–water partition coefficient (Wildman–Crippen LogP) is 23.3. The van der Waals surface area contributed by atoms with Crippen LogP contribution in [-0.4, -0.2) is 42.8 Å². The van der Waals surface area contributed by atoms with Gasteiger partial charge in [0.25, 0.3) is 0 Å². The first-order valence-corrected chi connectivity index (χ1v) is 51.0. The lowest BCUT2D eigenvalue weighted by atomic mass is 10.1. The summed E-state index contributed by atoms with van der Waals surface area (Å²) >= 11 is 0. The summed E-state index contributed by atoms with van der Waals surface area (Å²) in [5.41, 5.74) is 0. The molecule has 0 unspecified atom stereocenters. The lowest BCUT2D eigenvalue weighted by molar-refractivity contribution is 0.441. The van der Waals surface area contributed by atoms with Crippen LogP contribution in [0.3, 0.4) is 0 Å². The van der Waals surface area contributed by atoms with Crippen LogP contribution in [0.2, 0.25) is 72.5 Å². The number of hydrogen-bond donors (Lipinski definition) is 0. The number of unbranched alkanes of at least 4 members (excludes halogenated alkanes) is 12. The molecule has 0 amide bonds. The summed E-state index contributed by atoms with van der Waals surface area (Å²) in [6, 6.07) is 62.4. The molecule has 0 radical (unpaired) electrons. The fourth-order valence-corrected chi connectivity index (χ4v) is 45.0. The molecule has 0 heterocycles. The zero-order valence-electron chi connectivity index (χ0n) is 58.9. The molecule has 0 spiro atoms. The van der Waals surface area contributed by atoms with E-state index in [4.69, 9.17) is 0 Å². The van der Waals surface area contributed by atoms with Gasteiger partial charge in [-0.2, -0.15) is 0 Å². The molecule has 0 atom stereocenters. The van der Waals surface area contributed by atoms with Gasteiger partial charge in [-0.15, -0.1) is 0 Å². The second kappa shape index (κ2) is 41.9. The van der Waals surface area contributed by atoms with Crippen molar-refractivity contribution in [1.82, 2.24) is 4.44 Å². The Hall–Kier alpha value is -1.43. The first kappa shape index (κ1) is 75.3. The van der Waals surface area contributed by atoms with Gasteiger partial charge in [0.05, 0.1) is 32.3 Å². The summed E-state index contributed by atoms with van der Waals surface area (Å²) in [4.78, 5) is 0. The third-order valence-corrected chi connectivity index (χ3v) is 49.1. The van der Waals surface area contributed by atoms with Crippen LogP contribution in [0.15, 0.2) is 97.1 Å². The van der Waals surface area contributed by atoms with Gasteiger partial charge in [-0.3, -0.25) is 0 Å². The molecule has 0 bridgehead atoms. The molecular formula is C79H137NP2Si4. The third kappa shape index (κ3) is 21.6. The van der Waals surface area contributed by atoms with E-state index in [2.05, 4.69) is 185 Å². The third-order valence-electron chi connectivity index (χ3n) is 21.5. The van der Waals surface area contributed by atoms with Gasteiger partial charge in [-0.1, -0.05) is 453 Å². The summed E-state index contributed by atoms with van der Waals surface area (Å²) in [7, 11) is -8.95. The average Bonchev–Trinajstić information content (AvgIpc) is 2.01. The van der Waals surface area contributed by atoms with Gasteiger partial charge in [0.15, 0.2) is 0 Å². The van der Waals surface area contributed by atoms with E-state index in [0.29, 0.717) is 6.04 Å². The maximum absolute atomic E-state index is 3.42. The topological polar surface area (TPSA) is 3.24 Å². The summed E-state index contributed by atoms with van der Waals surface area (Å²) in [6.45, 7) is 29.5. The second-order valence-electron chi connectivity index (χ2n) is 28.1. The molecule has 86 heavy (non-hydrogen) atoms. The van der Waals surface area contributed by atoms with Crippen molar-refractivity contribution in [2.75, 3.05) is 0 Å². The van der Waals surface area contributed by atoms with Gasteiger partial charge in [-0.05, 0) is 34.1 Å². The number of rotatable bonds is 47. The van der Waals surface area contributed by atoms with Crippen molar-refractivity contribution in [1.29, 1.82) is 0 Å². The maximum atomic E-state index is 3.42.